The molecule has 7 heteroatoms. The molecule has 0 unspecified atom stereocenters. The fourth-order valence-corrected chi connectivity index (χ4v) is 4.24. The lowest BCUT2D eigenvalue weighted by molar-refractivity contribution is 0.0160. The van der Waals surface area contributed by atoms with Crippen LogP contribution >= 0.6 is 0 Å². The SMILES string of the molecule is O=C(N1CCCC1)N1Cc2ccnn2[C@H](CCOCC2CCOCC2)C1. The summed E-state index contributed by atoms with van der Waals surface area (Å²) < 4.78 is 13.4. The summed E-state index contributed by atoms with van der Waals surface area (Å²) in [6.07, 6.45) is 7.19. The molecule has 4 heterocycles. The number of fused-ring (bicyclic) bond motifs is 1. The Kier molecular flexibility index (Phi) is 5.75. The van der Waals surface area contributed by atoms with Crippen LogP contribution < -0.4 is 0 Å². The predicted molar refractivity (Wildman–Crippen MR) is 96.9 cm³/mol. The van der Waals surface area contributed by atoms with E-state index in [1.807, 2.05) is 22.1 Å². The van der Waals surface area contributed by atoms with Crippen molar-refractivity contribution in [2.75, 3.05) is 46.1 Å². The molecule has 0 spiro atoms. The normalized spacial score (nSPS) is 24.1. The number of rotatable bonds is 5. The number of hydrogen-bond donors (Lipinski definition) is 0. The Morgan fingerprint density at radius 2 is 2.04 bits per heavy atom. The minimum Gasteiger partial charge on any atom is -0.381 e. The quantitative estimate of drug-likeness (QED) is 0.754. The average molecular weight is 362 g/mol. The highest BCUT2D eigenvalue weighted by molar-refractivity contribution is 5.74. The highest BCUT2D eigenvalue weighted by atomic mass is 16.5. The zero-order valence-corrected chi connectivity index (χ0v) is 15.5. The number of amides is 2. The van der Waals surface area contributed by atoms with Gasteiger partial charge in [0.2, 0.25) is 0 Å². The first-order valence-corrected chi connectivity index (χ1v) is 10.0. The van der Waals surface area contributed by atoms with Gasteiger partial charge in [-0.1, -0.05) is 0 Å². The van der Waals surface area contributed by atoms with Crippen molar-refractivity contribution >= 4 is 6.03 Å². The molecule has 0 aliphatic carbocycles. The topological polar surface area (TPSA) is 59.8 Å². The summed E-state index contributed by atoms with van der Waals surface area (Å²) in [5.74, 6) is 0.628. The van der Waals surface area contributed by atoms with Crippen LogP contribution in [-0.2, 0) is 16.0 Å². The van der Waals surface area contributed by atoms with Gasteiger partial charge in [0.1, 0.15) is 0 Å². The van der Waals surface area contributed by atoms with Crippen molar-refractivity contribution in [3.63, 3.8) is 0 Å². The van der Waals surface area contributed by atoms with Crippen LogP contribution in [0.3, 0.4) is 0 Å². The van der Waals surface area contributed by atoms with Crippen LogP contribution in [0.2, 0.25) is 0 Å². The Hall–Kier alpha value is -1.60. The van der Waals surface area contributed by atoms with Gasteiger partial charge in [0.25, 0.3) is 0 Å². The van der Waals surface area contributed by atoms with Crippen LogP contribution in [0.5, 0.6) is 0 Å². The van der Waals surface area contributed by atoms with Crippen LogP contribution in [0.4, 0.5) is 4.79 Å². The number of nitrogens with zero attached hydrogens (tertiary/aromatic N) is 4. The Balaban J connectivity index is 1.30. The van der Waals surface area contributed by atoms with Crippen molar-refractivity contribution in [2.45, 2.75) is 44.7 Å². The molecule has 144 valence electrons. The number of ether oxygens (including phenoxy) is 2. The molecule has 3 aliphatic heterocycles. The maximum atomic E-state index is 12.8. The van der Waals surface area contributed by atoms with E-state index in [1.165, 1.54) is 0 Å². The molecule has 2 saturated heterocycles. The molecule has 1 atom stereocenters. The van der Waals surface area contributed by atoms with Crippen molar-refractivity contribution in [3.8, 4) is 0 Å². The highest BCUT2D eigenvalue weighted by Gasteiger charge is 2.31. The van der Waals surface area contributed by atoms with Crippen LogP contribution in [0.15, 0.2) is 12.3 Å². The number of urea groups is 1. The minimum absolute atomic E-state index is 0.183. The van der Waals surface area contributed by atoms with E-state index in [0.29, 0.717) is 19.1 Å². The molecule has 3 aliphatic rings. The summed E-state index contributed by atoms with van der Waals surface area (Å²) in [6, 6.07) is 2.41. The lowest BCUT2D eigenvalue weighted by Crippen LogP contribution is -2.47. The van der Waals surface area contributed by atoms with Gasteiger partial charge < -0.3 is 19.3 Å². The Labute approximate surface area is 155 Å². The molecule has 2 amide bonds. The summed E-state index contributed by atoms with van der Waals surface area (Å²) in [5, 5.41) is 4.49. The van der Waals surface area contributed by atoms with E-state index in [0.717, 1.165) is 77.3 Å². The van der Waals surface area contributed by atoms with E-state index in [4.69, 9.17) is 9.47 Å². The fourth-order valence-electron chi connectivity index (χ4n) is 4.24. The van der Waals surface area contributed by atoms with E-state index >= 15 is 0 Å². The van der Waals surface area contributed by atoms with Gasteiger partial charge in [-0.15, -0.1) is 0 Å². The Bertz CT molecular complexity index is 593. The predicted octanol–water partition coefficient (Wildman–Crippen LogP) is 2.29. The molecule has 0 radical (unpaired) electrons. The Morgan fingerprint density at radius 3 is 2.85 bits per heavy atom. The van der Waals surface area contributed by atoms with Crippen LogP contribution in [0.1, 0.15) is 43.8 Å². The molecule has 0 saturated carbocycles. The zero-order valence-electron chi connectivity index (χ0n) is 15.5. The third-order valence-corrected chi connectivity index (χ3v) is 5.82. The number of carbonyl (C=O) groups excluding carboxylic acids is 1. The summed E-state index contributed by atoms with van der Waals surface area (Å²) >= 11 is 0. The molecule has 0 N–H and O–H groups in total. The molecular weight excluding hydrogens is 332 g/mol. The van der Waals surface area contributed by atoms with Gasteiger partial charge in [-0.3, -0.25) is 4.68 Å². The standard InChI is InChI=1S/C19H30N4O3/c24-19(21-8-1-2-9-21)22-13-17-3-7-20-23(17)18(14-22)6-12-26-15-16-4-10-25-11-5-16/h3,7,16,18H,1-2,4-6,8-15H2/t18-/m1/s1. The van der Waals surface area contributed by atoms with Crippen LogP contribution in [0, 0.1) is 5.92 Å². The molecule has 1 aromatic rings. The average Bonchev–Trinajstić information content (AvgIpc) is 3.37. The van der Waals surface area contributed by atoms with Gasteiger partial charge in [0.05, 0.1) is 18.3 Å². The van der Waals surface area contributed by atoms with Crippen molar-refractivity contribution < 1.29 is 14.3 Å². The van der Waals surface area contributed by atoms with E-state index in [-0.39, 0.29) is 12.1 Å². The van der Waals surface area contributed by atoms with E-state index in [9.17, 15) is 4.79 Å². The first-order chi connectivity index (χ1) is 12.8. The van der Waals surface area contributed by atoms with Crippen molar-refractivity contribution in [1.29, 1.82) is 0 Å². The summed E-state index contributed by atoms with van der Waals surface area (Å²) in [6.45, 7) is 6.44. The van der Waals surface area contributed by atoms with Gasteiger partial charge in [-0.25, -0.2) is 4.79 Å². The summed E-state index contributed by atoms with van der Waals surface area (Å²) in [5.41, 5.74) is 1.12. The molecule has 4 rings (SSSR count). The number of aromatic nitrogens is 2. The Morgan fingerprint density at radius 1 is 1.23 bits per heavy atom. The minimum atomic E-state index is 0.183. The van der Waals surface area contributed by atoms with Crippen molar-refractivity contribution in [2.24, 2.45) is 5.92 Å². The number of carbonyl (C=O) groups is 1. The van der Waals surface area contributed by atoms with Gasteiger partial charge in [0.15, 0.2) is 0 Å². The third kappa shape index (κ3) is 4.04. The lowest BCUT2D eigenvalue weighted by Gasteiger charge is -2.36. The molecule has 7 nitrogen and oxygen atoms in total. The summed E-state index contributed by atoms with van der Waals surface area (Å²) in [7, 11) is 0. The number of hydrogen-bond acceptors (Lipinski definition) is 4. The second-order valence-corrected chi connectivity index (χ2v) is 7.70. The van der Waals surface area contributed by atoms with Crippen molar-refractivity contribution in [3.05, 3.63) is 18.0 Å². The van der Waals surface area contributed by atoms with Gasteiger partial charge in [0, 0.05) is 52.3 Å². The lowest BCUT2D eigenvalue weighted by atomic mass is 10.0. The van der Waals surface area contributed by atoms with Crippen molar-refractivity contribution in [1.82, 2.24) is 19.6 Å². The van der Waals surface area contributed by atoms with Crippen LogP contribution in [0.25, 0.3) is 0 Å². The summed E-state index contributed by atoms with van der Waals surface area (Å²) in [4.78, 5) is 16.8. The maximum Gasteiger partial charge on any atom is 0.320 e. The van der Waals surface area contributed by atoms with E-state index in [1.54, 1.807) is 0 Å². The molecule has 2 fully saturated rings. The maximum absolute atomic E-state index is 12.8. The van der Waals surface area contributed by atoms with E-state index in [2.05, 4.69) is 9.78 Å². The van der Waals surface area contributed by atoms with Crippen LogP contribution in [-0.4, -0.2) is 71.7 Å². The van der Waals surface area contributed by atoms with Gasteiger partial charge in [-0.05, 0) is 44.1 Å². The first kappa shape index (κ1) is 17.8. The molecule has 1 aromatic heterocycles. The largest absolute Gasteiger partial charge is 0.381 e. The first-order valence-electron chi connectivity index (χ1n) is 10.0. The van der Waals surface area contributed by atoms with Gasteiger partial charge in [-0.2, -0.15) is 5.10 Å². The molecule has 0 bridgehead atoms. The fraction of sp³-hybridized carbons (Fsp3) is 0.789. The molecule has 0 aromatic carbocycles. The second-order valence-electron chi connectivity index (χ2n) is 7.70. The number of likely N-dealkylation sites (tertiary alicyclic amines) is 1. The molecule has 26 heavy (non-hydrogen) atoms. The molecular formula is C19H30N4O3. The highest BCUT2D eigenvalue weighted by Crippen LogP contribution is 2.25. The monoisotopic (exact) mass is 362 g/mol. The van der Waals surface area contributed by atoms with E-state index < -0.39 is 0 Å². The third-order valence-electron chi connectivity index (χ3n) is 5.82. The zero-order chi connectivity index (χ0) is 17.8. The smallest absolute Gasteiger partial charge is 0.320 e. The van der Waals surface area contributed by atoms with Gasteiger partial charge >= 0.3 is 6.03 Å². The second kappa shape index (κ2) is 8.39.